The third kappa shape index (κ3) is 4.31. The van der Waals surface area contributed by atoms with Gasteiger partial charge >= 0.3 is 0 Å². The van der Waals surface area contributed by atoms with E-state index in [4.69, 9.17) is 9.47 Å². The molecule has 0 amide bonds. The first-order valence-corrected chi connectivity index (χ1v) is 10.3. The van der Waals surface area contributed by atoms with Gasteiger partial charge in [-0.1, -0.05) is 30.3 Å². The van der Waals surface area contributed by atoms with Gasteiger partial charge in [-0.25, -0.2) is 17.1 Å². The number of halogens is 1. The van der Waals surface area contributed by atoms with Crippen LogP contribution in [0.15, 0.2) is 48.5 Å². The number of hydrogen-bond donors (Lipinski definition) is 0. The molecule has 1 aliphatic rings. The van der Waals surface area contributed by atoms with Crippen LogP contribution >= 0.6 is 0 Å². The van der Waals surface area contributed by atoms with Crippen molar-refractivity contribution in [3.8, 4) is 5.75 Å². The van der Waals surface area contributed by atoms with E-state index in [9.17, 15) is 12.8 Å². The monoisotopic (exact) mass is 393 g/mol. The summed E-state index contributed by atoms with van der Waals surface area (Å²) in [4.78, 5) is 0. The molecule has 2 aromatic rings. The number of sulfonamides is 1. The predicted octanol–water partition coefficient (Wildman–Crippen LogP) is 3.17. The highest BCUT2D eigenvalue weighted by atomic mass is 32.2. The summed E-state index contributed by atoms with van der Waals surface area (Å²) in [6.07, 6.45) is 0.342. The van der Waals surface area contributed by atoms with Crippen LogP contribution in [0.5, 0.6) is 5.75 Å². The lowest BCUT2D eigenvalue weighted by Crippen LogP contribution is -2.43. The van der Waals surface area contributed by atoms with Crippen molar-refractivity contribution in [1.29, 1.82) is 0 Å². The van der Waals surface area contributed by atoms with E-state index >= 15 is 0 Å². The van der Waals surface area contributed by atoms with E-state index in [0.717, 1.165) is 5.56 Å². The molecule has 1 fully saturated rings. The molecule has 0 N–H and O–H groups in total. The molecule has 0 aliphatic carbocycles. The Kier molecular flexibility index (Phi) is 6.14. The highest BCUT2D eigenvalue weighted by Gasteiger charge is 2.40. The fourth-order valence-electron chi connectivity index (χ4n) is 3.45. The largest absolute Gasteiger partial charge is 0.497 e. The molecule has 0 radical (unpaired) electrons. The number of hydrogen-bond acceptors (Lipinski definition) is 4. The molecule has 1 saturated heterocycles. The molecule has 0 bridgehead atoms. The maximum atomic E-state index is 14.3. The number of benzene rings is 2. The summed E-state index contributed by atoms with van der Waals surface area (Å²) in [6, 6.07) is 13.6. The van der Waals surface area contributed by atoms with Crippen molar-refractivity contribution >= 4 is 10.0 Å². The zero-order valence-corrected chi connectivity index (χ0v) is 16.3. The van der Waals surface area contributed by atoms with E-state index in [-0.39, 0.29) is 13.2 Å². The first-order valence-electron chi connectivity index (χ1n) is 8.83. The normalized spacial score (nSPS) is 20.6. The minimum absolute atomic E-state index is 0.196. The van der Waals surface area contributed by atoms with Gasteiger partial charge in [-0.3, -0.25) is 0 Å². The lowest BCUT2D eigenvalue weighted by atomic mass is 9.92. The molecule has 0 spiro atoms. The summed E-state index contributed by atoms with van der Waals surface area (Å²) in [5.41, 5.74) is 1.25. The zero-order valence-electron chi connectivity index (χ0n) is 15.5. The van der Waals surface area contributed by atoms with Gasteiger partial charge < -0.3 is 9.47 Å². The van der Waals surface area contributed by atoms with Gasteiger partial charge in [0, 0.05) is 26.1 Å². The van der Waals surface area contributed by atoms with Crippen LogP contribution in [0.4, 0.5) is 4.39 Å². The second kappa shape index (κ2) is 8.37. The van der Waals surface area contributed by atoms with Crippen molar-refractivity contribution < 1.29 is 22.3 Å². The maximum absolute atomic E-state index is 14.3. The third-order valence-electron chi connectivity index (χ3n) is 4.98. The van der Waals surface area contributed by atoms with Gasteiger partial charge in [-0.2, -0.15) is 0 Å². The van der Waals surface area contributed by atoms with Crippen molar-refractivity contribution in [2.75, 3.05) is 27.4 Å². The second-order valence-corrected chi connectivity index (χ2v) is 8.94. The molecule has 2 unspecified atom stereocenters. The van der Waals surface area contributed by atoms with Gasteiger partial charge in [0.15, 0.2) is 0 Å². The fraction of sp³-hybridized carbons (Fsp3) is 0.400. The number of methoxy groups -OCH3 is 1. The molecule has 2 atom stereocenters. The fourth-order valence-corrected chi connectivity index (χ4v) is 5.28. The van der Waals surface area contributed by atoms with Crippen LogP contribution in [0.3, 0.4) is 0 Å². The van der Waals surface area contributed by atoms with Crippen LogP contribution in [0.2, 0.25) is 0 Å². The summed E-state index contributed by atoms with van der Waals surface area (Å²) >= 11 is 0. The molecule has 5 nitrogen and oxygen atoms in total. The highest BCUT2D eigenvalue weighted by Crippen LogP contribution is 2.34. The molecule has 0 saturated carbocycles. The summed E-state index contributed by atoms with van der Waals surface area (Å²) < 4.78 is 52.7. The average Bonchev–Trinajstić information content (AvgIpc) is 2.69. The van der Waals surface area contributed by atoms with Gasteiger partial charge in [0.05, 0.1) is 19.0 Å². The lowest BCUT2D eigenvalue weighted by molar-refractivity contribution is 0.0802. The molecule has 2 aromatic carbocycles. The maximum Gasteiger partial charge on any atom is 0.217 e. The topological polar surface area (TPSA) is 55.8 Å². The van der Waals surface area contributed by atoms with Gasteiger partial charge in [0.1, 0.15) is 11.6 Å². The SMILES string of the molecule is COc1ccc(CN(C)S(=O)(=O)C2CCOCC2c2ccccc2F)cc1. The van der Waals surface area contributed by atoms with E-state index in [2.05, 4.69) is 0 Å². The standard InChI is InChI=1S/C20H24FNO4S/c1-22(13-15-7-9-16(25-2)10-8-15)27(23,24)20-11-12-26-14-18(20)17-5-3-4-6-19(17)21/h3-10,18,20H,11-14H2,1-2H3. The molecular weight excluding hydrogens is 369 g/mol. The molecule has 27 heavy (non-hydrogen) atoms. The van der Waals surface area contributed by atoms with Crippen molar-refractivity contribution in [1.82, 2.24) is 4.31 Å². The first kappa shape index (κ1) is 19.8. The molecule has 1 aliphatic heterocycles. The van der Waals surface area contributed by atoms with Crippen molar-refractivity contribution in [2.24, 2.45) is 0 Å². The third-order valence-corrected chi connectivity index (χ3v) is 7.31. The molecule has 1 heterocycles. The minimum Gasteiger partial charge on any atom is -0.497 e. The minimum atomic E-state index is -3.63. The Hall–Kier alpha value is -1.96. The Morgan fingerprint density at radius 2 is 1.89 bits per heavy atom. The van der Waals surface area contributed by atoms with Crippen LogP contribution in [0.1, 0.15) is 23.5 Å². The van der Waals surface area contributed by atoms with E-state index in [0.29, 0.717) is 24.3 Å². The Morgan fingerprint density at radius 3 is 2.56 bits per heavy atom. The van der Waals surface area contributed by atoms with E-state index in [1.807, 2.05) is 12.1 Å². The summed E-state index contributed by atoms with van der Waals surface area (Å²) in [6.45, 7) is 0.792. The molecule has 7 heteroatoms. The predicted molar refractivity (Wildman–Crippen MR) is 102 cm³/mol. The van der Waals surface area contributed by atoms with Crippen molar-refractivity contribution in [2.45, 2.75) is 24.1 Å². The number of ether oxygens (including phenoxy) is 2. The molecular formula is C20H24FNO4S. The van der Waals surface area contributed by atoms with E-state index < -0.39 is 27.0 Å². The Balaban J connectivity index is 1.83. The van der Waals surface area contributed by atoms with Crippen LogP contribution < -0.4 is 4.74 Å². The molecule has 0 aromatic heterocycles. The number of rotatable bonds is 6. The average molecular weight is 393 g/mol. The second-order valence-electron chi connectivity index (χ2n) is 6.68. The Labute approximate surface area is 159 Å². The summed E-state index contributed by atoms with van der Waals surface area (Å²) in [5.74, 6) is -0.206. The smallest absolute Gasteiger partial charge is 0.217 e. The summed E-state index contributed by atoms with van der Waals surface area (Å²) in [5, 5.41) is -0.716. The van der Waals surface area contributed by atoms with Crippen LogP contribution in [-0.2, 0) is 21.3 Å². The Bertz CT molecular complexity index is 870. The molecule has 146 valence electrons. The van der Waals surface area contributed by atoms with Crippen molar-refractivity contribution in [3.63, 3.8) is 0 Å². The quantitative estimate of drug-likeness (QED) is 0.757. The molecule has 3 rings (SSSR count). The van der Waals surface area contributed by atoms with Crippen molar-refractivity contribution in [3.05, 3.63) is 65.5 Å². The summed E-state index contributed by atoms with van der Waals surface area (Å²) in [7, 11) is -0.489. The van der Waals surface area contributed by atoms with Gasteiger partial charge in [0.2, 0.25) is 10.0 Å². The van der Waals surface area contributed by atoms with E-state index in [1.165, 1.54) is 10.4 Å². The lowest BCUT2D eigenvalue weighted by Gasteiger charge is -2.34. The van der Waals surface area contributed by atoms with Gasteiger partial charge in [0.25, 0.3) is 0 Å². The Morgan fingerprint density at radius 1 is 1.19 bits per heavy atom. The van der Waals surface area contributed by atoms with E-state index in [1.54, 1.807) is 44.5 Å². The van der Waals surface area contributed by atoms with Gasteiger partial charge in [-0.05, 0) is 35.7 Å². The number of nitrogens with zero attached hydrogens (tertiary/aromatic N) is 1. The highest BCUT2D eigenvalue weighted by molar-refractivity contribution is 7.89. The van der Waals surface area contributed by atoms with Crippen LogP contribution in [0.25, 0.3) is 0 Å². The first-order chi connectivity index (χ1) is 12.9. The van der Waals surface area contributed by atoms with Crippen LogP contribution in [0, 0.1) is 5.82 Å². The van der Waals surface area contributed by atoms with Gasteiger partial charge in [-0.15, -0.1) is 0 Å². The van der Waals surface area contributed by atoms with Crippen LogP contribution in [-0.4, -0.2) is 45.3 Å². The zero-order chi connectivity index (χ0) is 19.4.